The lowest BCUT2D eigenvalue weighted by Crippen LogP contribution is -2.40. The molecule has 24 heavy (non-hydrogen) atoms. The molecule has 1 heterocycles. The Morgan fingerprint density at radius 1 is 1.12 bits per heavy atom. The Hall–Kier alpha value is -2.50. The van der Waals surface area contributed by atoms with Gasteiger partial charge >= 0.3 is 6.03 Å². The Morgan fingerprint density at radius 2 is 1.79 bits per heavy atom. The largest absolute Gasteiger partial charge is 0.495 e. The van der Waals surface area contributed by atoms with Gasteiger partial charge in [0.1, 0.15) is 5.75 Å². The molecule has 128 valence electrons. The summed E-state index contributed by atoms with van der Waals surface area (Å²) < 4.78 is 6.75. The number of nitrogens with zero attached hydrogens (tertiary/aromatic N) is 1. The second kappa shape index (κ2) is 6.19. The Bertz CT molecular complexity index is 786. The maximum absolute atomic E-state index is 12.5. The van der Waals surface area contributed by atoms with E-state index in [0.717, 1.165) is 36.6 Å². The van der Waals surface area contributed by atoms with Gasteiger partial charge in [0.05, 0.1) is 18.0 Å². The van der Waals surface area contributed by atoms with Crippen LogP contribution in [-0.4, -0.2) is 23.6 Å². The van der Waals surface area contributed by atoms with E-state index in [1.54, 1.807) is 19.4 Å². The van der Waals surface area contributed by atoms with Crippen LogP contribution in [0.4, 0.5) is 4.79 Å². The number of aromatic nitrogens is 1. The first-order chi connectivity index (χ1) is 11.5. The normalized spacial score (nSPS) is 17.4. The number of fused-ring (bicyclic) bond motifs is 1. The summed E-state index contributed by atoms with van der Waals surface area (Å²) in [7, 11) is 1.54. The van der Waals surface area contributed by atoms with Crippen LogP contribution in [0.5, 0.6) is 5.75 Å². The van der Waals surface area contributed by atoms with Gasteiger partial charge in [-0.05, 0) is 24.5 Å². The number of hydrogen-bond donors (Lipinski definition) is 2. The number of ether oxygens (including phenoxy) is 1. The number of methoxy groups -OCH3 is 1. The van der Waals surface area contributed by atoms with Crippen molar-refractivity contribution in [3.63, 3.8) is 0 Å². The van der Waals surface area contributed by atoms with Crippen molar-refractivity contribution in [1.29, 1.82) is 0 Å². The Labute approximate surface area is 140 Å². The molecule has 0 aliphatic heterocycles. The lowest BCUT2D eigenvalue weighted by Gasteiger charge is -2.29. The Morgan fingerprint density at radius 3 is 2.33 bits per heavy atom. The van der Waals surface area contributed by atoms with Crippen LogP contribution in [0.3, 0.4) is 0 Å². The minimum atomic E-state index is -0.762. The molecule has 0 radical (unpaired) electrons. The average Bonchev–Trinajstić information content (AvgIpc) is 2.78. The van der Waals surface area contributed by atoms with Gasteiger partial charge in [-0.25, -0.2) is 4.79 Å². The number of amides is 2. The van der Waals surface area contributed by atoms with Crippen LogP contribution in [0.15, 0.2) is 24.4 Å². The van der Waals surface area contributed by atoms with Gasteiger partial charge in [-0.15, -0.1) is 0 Å². The zero-order chi connectivity index (χ0) is 17.3. The number of hydrogen-bond acceptors (Lipinski definition) is 3. The standard InChI is InChI=1S/C18H23N3O3/c1-24-14-8-6-7-12-13(11-21(15(12)14)17(20)23)18(16(19)22)9-4-2-3-5-10-18/h6-8,11H,2-5,9-10H2,1H3,(H2,19,22)(H2,20,23). The van der Waals surface area contributed by atoms with Gasteiger partial charge in [-0.3, -0.25) is 9.36 Å². The van der Waals surface area contributed by atoms with Gasteiger partial charge in [-0.2, -0.15) is 0 Å². The highest BCUT2D eigenvalue weighted by molar-refractivity contribution is 6.01. The molecule has 6 heteroatoms. The van der Waals surface area contributed by atoms with E-state index >= 15 is 0 Å². The van der Waals surface area contributed by atoms with E-state index in [1.807, 2.05) is 12.1 Å². The predicted octanol–water partition coefficient (Wildman–Crippen LogP) is 2.65. The summed E-state index contributed by atoms with van der Waals surface area (Å²) in [5.41, 5.74) is 12.0. The van der Waals surface area contributed by atoms with Crippen molar-refractivity contribution < 1.29 is 14.3 Å². The molecule has 0 bridgehead atoms. The molecule has 1 aliphatic rings. The van der Waals surface area contributed by atoms with E-state index < -0.39 is 11.4 Å². The summed E-state index contributed by atoms with van der Waals surface area (Å²) in [5, 5.41) is 0.800. The molecular formula is C18H23N3O3. The highest BCUT2D eigenvalue weighted by Crippen LogP contribution is 2.43. The second-order valence-corrected chi connectivity index (χ2v) is 6.47. The molecule has 0 unspecified atom stereocenters. The molecule has 1 fully saturated rings. The number of primary amides is 2. The molecule has 1 aromatic carbocycles. The highest BCUT2D eigenvalue weighted by atomic mass is 16.5. The topological polar surface area (TPSA) is 100 Å². The van der Waals surface area contributed by atoms with Crippen molar-refractivity contribution in [2.75, 3.05) is 7.11 Å². The van der Waals surface area contributed by atoms with Gasteiger partial charge < -0.3 is 16.2 Å². The lowest BCUT2D eigenvalue weighted by atomic mass is 9.73. The zero-order valence-electron chi connectivity index (χ0n) is 13.9. The van der Waals surface area contributed by atoms with Crippen LogP contribution in [-0.2, 0) is 10.2 Å². The first-order valence-corrected chi connectivity index (χ1v) is 8.29. The number of carbonyl (C=O) groups excluding carboxylic acids is 2. The molecule has 3 rings (SSSR count). The Kier molecular flexibility index (Phi) is 4.22. The maximum Gasteiger partial charge on any atom is 0.323 e. The summed E-state index contributed by atoms with van der Waals surface area (Å²) in [6, 6.07) is 4.91. The first-order valence-electron chi connectivity index (χ1n) is 8.29. The van der Waals surface area contributed by atoms with E-state index in [2.05, 4.69) is 0 Å². The number of para-hydroxylation sites is 1. The van der Waals surface area contributed by atoms with Crippen LogP contribution in [0.2, 0.25) is 0 Å². The fourth-order valence-electron chi connectivity index (χ4n) is 3.95. The van der Waals surface area contributed by atoms with E-state index in [1.165, 1.54) is 4.57 Å². The minimum Gasteiger partial charge on any atom is -0.495 e. The molecule has 6 nitrogen and oxygen atoms in total. The van der Waals surface area contributed by atoms with Crippen LogP contribution >= 0.6 is 0 Å². The fraction of sp³-hybridized carbons (Fsp3) is 0.444. The molecule has 0 spiro atoms. The number of carbonyl (C=O) groups is 2. The van der Waals surface area contributed by atoms with Gasteiger partial charge in [0.2, 0.25) is 5.91 Å². The van der Waals surface area contributed by atoms with E-state index in [4.69, 9.17) is 16.2 Å². The maximum atomic E-state index is 12.5. The van der Waals surface area contributed by atoms with Gasteiger partial charge in [0.25, 0.3) is 0 Å². The van der Waals surface area contributed by atoms with Crippen molar-refractivity contribution in [3.05, 3.63) is 30.0 Å². The fourth-order valence-corrected chi connectivity index (χ4v) is 3.95. The molecule has 2 amide bonds. The van der Waals surface area contributed by atoms with Crippen molar-refractivity contribution in [1.82, 2.24) is 4.57 Å². The van der Waals surface area contributed by atoms with E-state index in [-0.39, 0.29) is 5.91 Å². The molecule has 0 saturated heterocycles. The van der Waals surface area contributed by atoms with Gasteiger partial charge in [0.15, 0.2) is 0 Å². The number of nitrogens with two attached hydrogens (primary N) is 2. The summed E-state index contributed by atoms with van der Waals surface area (Å²) in [4.78, 5) is 24.4. The van der Waals surface area contributed by atoms with Gasteiger partial charge in [0, 0.05) is 11.6 Å². The summed E-state index contributed by atoms with van der Waals surface area (Å²) in [6.45, 7) is 0. The summed E-state index contributed by atoms with van der Waals surface area (Å²) >= 11 is 0. The quantitative estimate of drug-likeness (QED) is 0.846. The third-order valence-electron chi connectivity index (χ3n) is 5.19. The first kappa shape index (κ1) is 16.4. The Balaban J connectivity index is 2.32. The molecule has 4 N–H and O–H groups in total. The second-order valence-electron chi connectivity index (χ2n) is 6.47. The highest BCUT2D eigenvalue weighted by Gasteiger charge is 2.41. The van der Waals surface area contributed by atoms with E-state index in [9.17, 15) is 9.59 Å². The summed E-state index contributed by atoms with van der Waals surface area (Å²) in [6.07, 6.45) is 7.12. The number of rotatable bonds is 3. The SMILES string of the molecule is COc1cccc2c(C3(C(N)=O)CCCCCC3)cn(C(N)=O)c12. The summed E-state index contributed by atoms with van der Waals surface area (Å²) in [5.74, 6) is 0.210. The van der Waals surface area contributed by atoms with Crippen molar-refractivity contribution in [2.24, 2.45) is 11.5 Å². The van der Waals surface area contributed by atoms with Gasteiger partial charge in [-0.1, -0.05) is 37.8 Å². The molecule has 1 saturated carbocycles. The van der Waals surface area contributed by atoms with Crippen molar-refractivity contribution in [2.45, 2.75) is 43.9 Å². The predicted molar refractivity (Wildman–Crippen MR) is 92.0 cm³/mol. The molecule has 1 aliphatic carbocycles. The molecular weight excluding hydrogens is 306 g/mol. The van der Waals surface area contributed by atoms with Crippen LogP contribution in [0.25, 0.3) is 10.9 Å². The smallest absolute Gasteiger partial charge is 0.323 e. The van der Waals surface area contributed by atoms with Crippen LogP contribution in [0, 0.1) is 0 Å². The zero-order valence-corrected chi connectivity index (χ0v) is 13.9. The molecule has 0 atom stereocenters. The van der Waals surface area contributed by atoms with Crippen molar-refractivity contribution >= 4 is 22.8 Å². The monoisotopic (exact) mass is 329 g/mol. The van der Waals surface area contributed by atoms with E-state index in [0.29, 0.717) is 24.1 Å². The third kappa shape index (κ3) is 2.42. The minimum absolute atomic E-state index is 0.337. The average molecular weight is 329 g/mol. The molecule has 1 aromatic heterocycles. The van der Waals surface area contributed by atoms with Crippen LogP contribution < -0.4 is 16.2 Å². The van der Waals surface area contributed by atoms with Crippen LogP contribution in [0.1, 0.15) is 44.1 Å². The number of benzene rings is 1. The van der Waals surface area contributed by atoms with Crippen molar-refractivity contribution in [3.8, 4) is 5.75 Å². The third-order valence-corrected chi connectivity index (χ3v) is 5.19. The lowest BCUT2D eigenvalue weighted by molar-refractivity contribution is -0.124. The molecule has 2 aromatic rings.